The number of allylic oxidation sites excluding steroid dienone is 5. The van der Waals surface area contributed by atoms with Gasteiger partial charge in [-0.15, -0.1) is 0 Å². The van der Waals surface area contributed by atoms with Crippen LogP contribution in [0, 0.1) is 0 Å². The Kier molecular flexibility index (Phi) is 5.97. The van der Waals surface area contributed by atoms with Crippen LogP contribution >= 0.6 is 0 Å². The molecule has 0 radical (unpaired) electrons. The van der Waals surface area contributed by atoms with Gasteiger partial charge in [0.05, 0.1) is 0 Å². The molecule has 3 aromatic rings. The van der Waals surface area contributed by atoms with Gasteiger partial charge in [-0.05, 0) is 0 Å². The van der Waals surface area contributed by atoms with Crippen molar-refractivity contribution in [3.8, 4) is 0 Å². The van der Waals surface area contributed by atoms with E-state index in [4.69, 9.17) is 0 Å². The van der Waals surface area contributed by atoms with Gasteiger partial charge in [-0.3, -0.25) is 0 Å². The molecule has 0 N–H and O–H groups in total. The van der Waals surface area contributed by atoms with E-state index in [9.17, 15) is 0 Å². The van der Waals surface area contributed by atoms with Gasteiger partial charge in [-0.2, -0.15) is 0 Å². The van der Waals surface area contributed by atoms with Crippen molar-refractivity contribution < 1.29 is 48.0 Å². The summed E-state index contributed by atoms with van der Waals surface area (Å²) in [6.07, 6.45) is 10.2. The summed E-state index contributed by atoms with van der Waals surface area (Å²) in [6.45, 7) is 0. The van der Waals surface area contributed by atoms with Gasteiger partial charge in [0.25, 0.3) is 0 Å². The second-order valence-corrected chi connectivity index (χ2v) is 9.80. The van der Waals surface area contributed by atoms with E-state index in [1.807, 2.05) is 12.1 Å². The summed E-state index contributed by atoms with van der Waals surface area (Å²) in [6, 6.07) is 17.0. The summed E-state index contributed by atoms with van der Waals surface area (Å²) in [5.41, 5.74) is 6.15. The minimum atomic E-state index is -0.768. The Morgan fingerprint density at radius 1 is 1.00 bits per heavy atom. The Morgan fingerprint density at radius 3 is 2.65 bits per heavy atom. The predicted octanol–water partition coefficient (Wildman–Crippen LogP) is -1.58. The molecule has 0 bridgehead atoms. The molecule has 26 heavy (non-hydrogen) atoms. The van der Waals surface area contributed by atoms with Gasteiger partial charge >= 0.3 is 152 Å². The van der Waals surface area contributed by atoms with Crippen molar-refractivity contribution in [3.05, 3.63) is 81.2 Å². The first-order valence-electron chi connectivity index (χ1n) is 8.14. The first-order valence-corrected chi connectivity index (χ1v) is 10.8. The van der Waals surface area contributed by atoms with Crippen LogP contribution in [0.15, 0.2) is 70.0 Å². The second kappa shape index (κ2) is 8.04. The number of nitrogens with zero attached hydrogens (tertiary/aromatic N) is 3. The summed E-state index contributed by atoms with van der Waals surface area (Å²) in [7, 11) is 0. The molecular weight excluding hydrogens is 444 g/mol. The number of fused-ring (bicyclic) bond motifs is 2. The maximum atomic E-state index is 4.48. The maximum absolute atomic E-state index is 4.48. The van der Waals surface area contributed by atoms with E-state index >= 15 is 0 Å². The molecular formula is C20H15Cl2N3Zr. The van der Waals surface area contributed by atoms with Crippen LogP contribution in [0.3, 0.4) is 0 Å². The predicted molar refractivity (Wildman–Crippen MR) is 92.7 cm³/mol. The van der Waals surface area contributed by atoms with Gasteiger partial charge in [-0.25, -0.2) is 0 Å². The summed E-state index contributed by atoms with van der Waals surface area (Å²) < 4.78 is 4.21. The second-order valence-electron chi connectivity index (χ2n) is 6.09. The molecule has 2 aliphatic rings. The van der Waals surface area contributed by atoms with Crippen LogP contribution in [0.5, 0.6) is 0 Å². The topological polar surface area (TPSA) is 30.7 Å². The molecule has 6 heteroatoms. The Balaban J connectivity index is 0.000000980. The summed E-state index contributed by atoms with van der Waals surface area (Å²) in [5.74, 6) is 0. The first kappa shape index (κ1) is 19.3. The van der Waals surface area contributed by atoms with Gasteiger partial charge in [0, 0.05) is 0 Å². The summed E-state index contributed by atoms with van der Waals surface area (Å²) in [5, 5.41) is 8.83. The first-order chi connectivity index (χ1) is 11.9. The minimum absolute atomic E-state index is 0. The molecule has 1 unspecified atom stereocenters. The zero-order chi connectivity index (χ0) is 15.9. The third kappa shape index (κ3) is 3.27. The fourth-order valence-electron chi connectivity index (χ4n) is 3.44. The SMILES string of the molecule is C1=CC[C]([Zr+2][CH]2C(n3nnc4ccccc43)=Cc3ccccc32)=C1.[Cl-].[Cl-]. The van der Waals surface area contributed by atoms with E-state index in [0.29, 0.717) is 3.63 Å². The molecule has 1 atom stereocenters. The van der Waals surface area contributed by atoms with Gasteiger partial charge in [0.2, 0.25) is 0 Å². The van der Waals surface area contributed by atoms with Crippen LogP contribution < -0.4 is 24.8 Å². The number of para-hydroxylation sites is 1. The van der Waals surface area contributed by atoms with Crippen LogP contribution in [0.1, 0.15) is 21.2 Å². The van der Waals surface area contributed by atoms with Crippen LogP contribution in [0.2, 0.25) is 0 Å². The molecule has 2 aliphatic carbocycles. The molecule has 0 fully saturated rings. The fourth-order valence-corrected chi connectivity index (χ4v) is 7.30. The number of benzene rings is 2. The quantitative estimate of drug-likeness (QED) is 0.474. The van der Waals surface area contributed by atoms with Crippen molar-refractivity contribution in [2.75, 3.05) is 0 Å². The number of rotatable bonds is 3. The van der Waals surface area contributed by atoms with Gasteiger partial charge in [-0.1, -0.05) is 0 Å². The molecule has 5 rings (SSSR count). The molecule has 1 heterocycles. The fraction of sp³-hybridized carbons (Fsp3) is 0.100. The molecule has 2 aromatic carbocycles. The van der Waals surface area contributed by atoms with E-state index in [0.717, 1.165) is 17.5 Å². The van der Waals surface area contributed by atoms with Crippen molar-refractivity contribution in [1.82, 2.24) is 15.0 Å². The van der Waals surface area contributed by atoms with Crippen molar-refractivity contribution in [2.45, 2.75) is 10.0 Å². The molecule has 1 aromatic heterocycles. The van der Waals surface area contributed by atoms with E-state index in [2.05, 4.69) is 75.7 Å². The largest absolute Gasteiger partial charge is 1.00 e. The Morgan fingerprint density at radius 2 is 1.81 bits per heavy atom. The number of halogens is 2. The Labute approximate surface area is 176 Å². The molecule has 3 nitrogen and oxygen atoms in total. The van der Waals surface area contributed by atoms with Gasteiger partial charge in [0.1, 0.15) is 0 Å². The molecule has 128 valence electrons. The number of aromatic nitrogens is 3. The summed E-state index contributed by atoms with van der Waals surface area (Å²) >= 11 is -0.768. The van der Waals surface area contributed by atoms with Crippen LogP contribution in [0.25, 0.3) is 22.8 Å². The average molecular weight is 459 g/mol. The third-order valence-corrected chi connectivity index (χ3v) is 8.63. The third-order valence-electron chi connectivity index (χ3n) is 4.60. The van der Waals surface area contributed by atoms with Crippen LogP contribution in [-0.2, 0) is 23.2 Å². The van der Waals surface area contributed by atoms with Gasteiger partial charge < -0.3 is 24.8 Å². The molecule has 0 aliphatic heterocycles. The monoisotopic (exact) mass is 457 g/mol. The standard InChI is InChI=1S/C15H10N3.C5H5.2ClH.Zr/c1-2-6-12-10-13(9-11(12)5-1)18-15-8-4-3-7-14(15)16-17-18;1-2-4-5-3-1;;;/h1-10H;1-3H,4H2;2*1H;/q;;;;+2/p-2. The Hall–Kier alpha value is -1.48. The maximum Gasteiger partial charge on any atom is -1.00 e. The normalized spacial score (nSPS) is 17.0. The van der Waals surface area contributed by atoms with E-state index in [-0.39, 0.29) is 24.8 Å². The minimum Gasteiger partial charge on any atom is -1.00 e. The average Bonchev–Trinajstić information content (AvgIpc) is 3.34. The van der Waals surface area contributed by atoms with Crippen LogP contribution in [-0.4, -0.2) is 15.0 Å². The number of hydrogen-bond acceptors (Lipinski definition) is 2. The summed E-state index contributed by atoms with van der Waals surface area (Å²) in [4.78, 5) is 0. The van der Waals surface area contributed by atoms with E-state index in [1.54, 1.807) is 3.28 Å². The number of hydrogen-bond donors (Lipinski definition) is 0. The zero-order valence-electron chi connectivity index (χ0n) is 13.8. The van der Waals surface area contributed by atoms with E-state index in [1.165, 1.54) is 16.8 Å². The molecule has 0 amide bonds. The zero-order valence-corrected chi connectivity index (χ0v) is 17.8. The molecule has 0 spiro atoms. The van der Waals surface area contributed by atoms with Crippen molar-refractivity contribution >= 4 is 22.8 Å². The van der Waals surface area contributed by atoms with Crippen LogP contribution in [0.4, 0.5) is 0 Å². The van der Waals surface area contributed by atoms with Crippen molar-refractivity contribution in [1.29, 1.82) is 0 Å². The van der Waals surface area contributed by atoms with Gasteiger partial charge in [0.15, 0.2) is 0 Å². The molecule has 0 saturated heterocycles. The molecule has 0 saturated carbocycles. The smallest absolute Gasteiger partial charge is 1.00 e. The van der Waals surface area contributed by atoms with E-state index < -0.39 is 23.2 Å². The van der Waals surface area contributed by atoms with Crippen molar-refractivity contribution in [2.24, 2.45) is 0 Å². The Bertz CT molecular complexity index is 1040. The van der Waals surface area contributed by atoms with Crippen molar-refractivity contribution in [3.63, 3.8) is 0 Å².